The van der Waals surface area contributed by atoms with E-state index in [4.69, 9.17) is 5.73 Å². The number of hydrogen-bond donors (Lipinski definition) is 3. The maximum Gasteiger partial charge on any atom is 0.391 e. The topological polar surface area (TPSA) is 108 Å². The first-order valence-corrected chi connectivity index (χ1v) is 12.9. The number of alkyl halides is 3. The van der Waals surface area contributed by atoms with Gasteiger partial charge in [0.25, 0.3) is 0 Å². The van der Waals surface area contributed by atoms with Gasteiger partial charge < -0.3 is 21.1 Å². The number of carbonyl (C=O) groups is 1. The molecule has 0 unspecified atom stereocenters. The highest BCUT2D eigenvalue weighted by atomic mass is 19.4. The first kappa shape index (κ1) is 26.8. The van der Waals surface area contributed by atoms with Gasteiger partial charge in [-0.3, -0.25) is 9.69 Å². The fourth-order valence-electron chi connectivity index (χ4n) is 5.62. The minimum Gasteiger partial charge on any atom is -0.391 e. The SMILES string of the molecule is NC(=O)CN1CC[C@H](CNc2ncnc(N(CC3CCC(C(F)(F)F)CC3)C3CCC3)c2F)[C@@H](O)C1. The van der Waals surface area contributed by atoms with Gasteiger partial charge in [0.05, 0.1) is 18.6 Å². The number of rotatable bonds is 9. The number of hydrogen-bond acceptors (Lipinski definition) is 7. The van der Waals surface area contributed by atoms with Crippen LogP contribution in [0.5, 0.6) is 0 Å². The Balaban J connectivity index is 1.38. The van der Waals surface area contributed by atoms with Crippen LogP contribution in [-0.4, -0.2) is 76.9 Å². The van der Waals surface area contributed by atoms with E-state index in [1.807, 2.05) is 4.90 Å². The number of carbonyl (C=O) groups excluding carboxylic acids is 1. The van der Waals surface area contributed by atoms with Gasteiger partial charge in [-0.2, -0.15) is 17.6 Å². The molecule has 202 valence electrons. The van der Waals surface area contributed by atoms with E-state index in [1.54, 1.807) is 4.90 Å². The van der Waals surface area contributed by atoms with Gasteiger partial charge in [-0.05, 0) is 63.8 Å². The van der Waals surface area contributed by atoms with Crippen LogP contribution in [-0.2, 0) is 4.79 Å². The van der Waals surface area contributed by atoms with E-state index in [2.05, 4.69) is 15.3 Å². The lowest BCUT2D eigenvalue weighted by Gasteiger charge is -2.42. The summed E-state index contributed by atoms with van der Waals surface area (Å²) in [5, 5.41) is 13.5. The number of primary amides is 1. The standard InChI is InChI=1S/C24H36F4N6O2/c25-21-22(30-10-16-8-9-33(12-19(16)35)13-20(29)36)31-14-32-23(21)34(18-2-1-3-18)11-15-4-6-17(7-5-15)24(26,27)28/h14-19,35H,1-13H2,(H2,29,36)(H,30,31,32)/t15?,16-,17?,19+/m1/s1. The average Bonchev–Trinajstić information content (AvgIpc) is 2.77. The second kappa shape index (κ2) is 11.5. The molecule has 0 bridgehead atoms. The summed E-state index contributed by atoms with van der Waals surface area (Å²) >= 11 is 0. The van der Waals surface area contributed by atoms with Crippen molar-refractivity contribution in [2.75, 3.05) is 42.9 Å². The highest BCUT2D eigenvalue weighted by molar-refractivity contribution is 5.75. The van der Waals surface area contributed by atoms with Crippen LogP contribution in [0.15, 0.2) is 6.33 Å². The smallest absolute Gasteiger partial charge is 0.391 e. The summed E-state index contributed by atoms with van der Waals surface area (Å²) < 4.78 is 54.8. The van der Waals surface area contributed by atoms with Crippen molar-refractivity contribution in [3.05, 3.63) is 12.1 Å². The van der Waals surface area contributed by atoms with Gasteiger partial charge in [-0.1, -0.05) is 0 Å². The largest absolute Gasteiger partial charge is 0.391 e. The van der Waals surface area contributed by atoms with Crippen molar-refractivity contribution in [3.63, 3.8) is 0 Å². The molecule has 2 saturated carbocycles. The summed E-state index contributed by atoms with van der Waals surface area (Å²) in [5.41, 5.74) is 5.23. The van der Waals surface area contributed by atoms with E-state index in [0.717, 1.165) is 19.3 Å². The molecule has 4 N–H and O–H groups in total. The highest BCUT2D eigenvalue weighted by Crippen LogP contribution is 2.41. The summed E-state index contributed by atoms with van der Waals surface area (Å²) in [4.78, 5) is 23.2. The zero-order valence-electron chi connectivity index (χ0n) is 20.4. The van der Waals surface area contributed by atoms with Crippen LogP contribution in [0.3, 0.4) is 0 Å². The molecule has 2 aliphatic carbocycles. The maximum atomic E-state index is 15.6. The molecule has 4 rings (SSSR count). The second-order valence-electron chi connectivity index (χ2n) is 10.6. The molecular formula is C24H36F4N6O2. The Morgan fingerprint density at radius 3 is 2.47 bits per heavy atom. The molecule has 2 heterocycles. The van der Waals surface area contributed by atoms with E-state index < -0.39 is 29.9 Å². The Labute approximate surface area is 208 Å². The van der Waals surface area contributed by atoms with Gasteiger partial charge in [-0.25, -0.2) is 9.97 Å². The predicted molar refractivity (Wildman–Crippen MR) is 127 cm³/mol. The molecule has 0 radical (unpaired) electrons. The zero-order valence-corrected chi connectivity index (χ0v) is 20.4. The molecule has 2 atom stereocenters. The van der Waals surface area contributed by atoms with Crippen LogP contribution in [0, 0.1) is 23.6 Å². The molecule has 0 spiro atoms. The van der Waals surface area contributed by atoms with E-state index in [0.29, 0.717) is 45.4 Å². The molecule has 3 aliphatic rings. The fourth-order valence-corrected chi connectivity index (χ4v) is 5.62. The molecule has 1 amide bonds. The van der Waals surface area contributed by atoms with Crippen LogP contribution in [0.2, 0.25) is 0 Å². The predicted octanol–water partition coefficient (Wildman–Crippen LogP) is 2.92. The van der Waals surface area contributed by atoms with Crippen molar-refractivity contribution < 1.29 is 27.5 Å². The molecule has 1 aromatic rings. The minimum absolute atomic E-state index is 0.0527. The van der Waals surface area contributed by atoms with Gasteiger partial charge in [-0.15, -0.1) is 0 Å². The maximum absolute atomic E-state index is 15.6. The quantitative estimate of drug-likeness (QED) is 0.433. The number of likely N-dealkylation sites (tertiary alicyclic amines) is 1. The summed E-state index contributed by atoms with van der Waals surface area (Å²) in [6, 6.07) is 0.124. The van der Waals surface area contributed by atoms with Crippen LogP contribution in [0.4, 0.5) is 29.2 Å². The average molecular weight is 517 g/mol. The number of aliphatic hydroxyl groups is 1. The molecule has 8 nitrogen and oxygen atoms in total. The van der Waals surface area contributed by atoms with Crippen molar-refractivity contribution >= 4 is 17.5 Å². The lowest BCUT2D eigenvalue weighted by atomic mass is 9.80. The number of halogens is 4. The first-order chi connectivity index (χ1) is 17.1. The summed E-state index contributed by atoms with van der Waals surface area (Å²) in [6.07, 6.45) is 1.10. The molecular weight excluding hydrogens is 480 g/mol. The normalized spacial score (nSPS) is 27.9. The van der Waals surface area contributed by atoms with Crippen molar-refractivity contribution in [2.24, 2.45) is 23.5 Å². The molecule has 1 saturated heterocycles. The van der Waals surface area contributed by atoms with Crippen LogP contribution in [0.25, 0.3) is 0 Å². The van der Waals surface area contributed by atoms with Crippen molar-refractivity contribution in [2.45, 2.75) is 69.7 Å². The van der Waals surface area contributed by atoms with E-state index >= 15 is 4.39 Å². The second-order valence-corrected chi connectivity index (χ2v) is 10.6. The van der Waals surface area contributed by atoms with Gasteiger partial charge in [0.2, 0.25) is 11.7 Å². The van der Waals surface area contributed by atoms with E-state index in [-0.39, 0.29) is 48.9 Å². The van der Waals surface area contributed by atoms with Crippen molar-refractivity contribution in [1.82, 2.24) is 14.9 Å². The zero-order chi connectivity index (χ0) is 25.9. The molecule has 36 heavy (non-hydrogen) atoms. The van der Waals surface area contributed by atoms with Gasteiger partial charge in [0, 0.05) is 31.6 Å². The molecule has 1 aromatic heterocycles. The third-order valence-corrected chi connectivity index (χ3v) is 8.04. The van der Waals surface area contributed by atoms with Gasteiger partial charge in [0.1, 0.15) is 6.33 Å². The molecule has 1 aliphatic heterocycles. The van der Waals surface area contributed by atoms with Crippen molar-refractivity contribution in [3.8, 4) is 0 Å². The number of amides is 1. The number of anilines is 2. The number of nitrogens with zero attached hydrogens (tertiary/aromatic N) is 4. The molecule has 3 fully saturated rings. The summed E-state index contributed by atoms with van der Waals surface area (Å²) in [5.74, 6) is -2.10. The Kier molecular flexibility index (Phi) is 8.54. The third-order valence-electron chi connectivity index (χ3n) is 8.04. The van der Waals surface area contributed by atoms with Gasteiger partial charge in [0.15, 0.2) is 11.6 Å². The lowest BCUT2D eigenvalue weighted by molar-refractivity contribution is -0.183. The number of β-amino-alcohol motifs (C(OH)–C–C–N with tert-alkyl or cyclic N) is 1. The number of nitrogens with two attached hydrogens (primary N) is 1. The van der Waals surface area contributed by atoms with Crippen molar-refractivity contribution in [1.29, 1.82) is 0 Å². The van der Waals surface area contributed by atoms with Crippen LogP contribution >= 0.6 is 0 Å². The third kappa shape index (κ3) is 6.56. The highest BCUT2D eigenvalue weighted by Gasteiger charge is 2.42. The Morgan fingerprint density at radius 2 is 1.89 bits per heavy atom. The Bertz CT molecular complexity index is 892. The summed E-state index contributed by atoms with van der Waals surface area (Å²) in [6.45, 7) is 1.81. The summed E-state index contributed by atoms with van der Waals surface area (Å²) in [7, 11) is 0. The number of nitrogens with one attached hydrogen (secondary N) is 1. The number of piperidine rings is 1. The van der Waals surface area contributed by atoms with E-state index in [9.17, 15) is 23.1 Å². The number of aliphatic hydroxyl groups excluding tert-OH is 1. The van der Waals surface area contributed by atoms with E-state index in [1.165, 1.54) is 6.33 Å². The monoisotopic (exact) mass is 516 g/mol. The Hall–Kier alpha value is -2.21. The lowest BCUT2D eigenvalue weighted by Crippen LogP contribution is -2.48. The Morgan fingerprint density at radius 1 is 1.17 bits per heavy atom. The molecule has 0 aromatic carbocycles. The first-order valence-electron chi connectivity index (χ1n) is 12.9. The number of aromatic nitrogens is 2. The minimum atomic E-state index is -4.15. The van der Waals surface area contributed by atoms with Crippen LogP contribution in [0.1, 0.15) is 51.4 Å². The van der Waals surface area contributed by atoms with Gasteiger partial charge >= 0.3 is 6.18 Å². The molecule has 12 heteroatoms. The fraction of sp³-hybridized carbons (Fsp3) is 0.792. The van der Waals surface area contributed by atoms with Crippen LogP contribution < -0.4 is 16.0 Å².